The van der Waals surface area contributed by atoms with E-state index in [4.69, 9.17) is 9.47 Å². The van der Waals surface area contributed by atoms with Crippen LogP contribution in [0.3, 0.4) is 0 Å². The molecule has 0 unspecified atom stereocenters. The lowest BCUT2D eigenvalue weighted by molar-refractivity contribution is 0.112. The fourth-order valence-electron chi connectivity index (χ4n) is 1.69. The second kappa shape index (κ2) is 7.81. The molecule has 6 heteroatoms. The molecule has 0 aliphatic carbocycles. The Balaban J connectivity index is 3.02. The highest BCUT2D eigenvalue weighted by atomic mass is 19.1. The summed E-state index contributed by atoms with van der Waals surface area (Å²) in [5, 5.41) is 0. The molecule has 0 aliphatic heterocycles. The Morgan fingerprint density at radius 2 is 1.58 bits per heavy atom. The molecule has 0 bridgehead atoms. The number of ether oxygens (including phenoxy) is 2. The SMILES string of the molecule is COCCN(CCOC)c1c(F)cc(C=O)cc1F. The van der Waals surface area contributed by atoms with E-state index in [1.807, 2.05) is 0 Å². The second-order valence-corrected chi connectivity index (χ2v) is 3.92. The summed E-state index contributed by atoms with van der Waals surface area (Å²) >= 11 is 0. The Morgan fingerprint density at radius 3 is 1.95 bits per heavy atom. The highest BCUT2D eigenvalue weighted by Gasteiger charge is 2.17. The van der Waals surface area contributed by atoms with Gasteiger partial charge in [0.15, 0.2) is 0 Å². The topological polar surface area (TPSA) is 38.8 Å². The smallest absolute Gasteiger partial charge is 0.150 e. The van der Waals surface area contributed by atoms with Crippen LogP contribution in [-0.2, 0) is 9.47 Å². The molecular formula is C13H17F2NO3. The summed E-state index contributed by atoms with van der Waals surface area (Å²) in [5.74, 6) is -1.54. The molecule has 4 nitrogen and oxygen atoms in total. The number of rotatable bonds is 8. The zero-order valence-electron chi connectivity index (χ0n) is 11.0. The molecule has 0 aliphatic rings. The van der Waals surface area contributed by atoms with Gasteiger partial charge in [-0.15, -0.1) is 0 Å². The summed E-state index contributed by atoms with van der Waals surface area (Å²) < 4.78 is 37.6. The minimum atomic E-state index is -0.769. The van der Waals surface area contributed by atoms with Gasteiger partial charge in [-0.05, 0) is 12.1 Å². The molecule has 0 N–H and O–H groups in total. The van der Waals surface area contributed by atoms with Gasteiger partial charge in [-0.1, -0.05) is 0 Å². The van der Waals surface area contributed by atoms with Gasteiger partial charge in [-0.2, -0.15) is 0 Å². The van der Waals surface area contributed by atoms with Crippen molar-refractivity contribution in [1.82, 2.24) is 0 Å². The molecule has 0 saturated heterocycles. The molecule has 19 heavy (non-hydrogen) atoms. The van der Waals surface area contributed by atoms with Crippen molar-refractivity contribution in [2.45, 2.75) is 0 Å². The monoisotopic (exact) mass is 273 g/mol. The number of methoxy groups -OCH3 is 2. The van der Waals surface area contributed by atoms with Gasteiger partial charge in [-0.3, -0.25) is 4.79 Å². The summed E-state index contributed by atoms with van der Waals surface area (Å²) in [5.41, 5.74) is -0.197. The van der Waals surface area contributed by atoms with Crippen LogP contribution >= 0.6 is 0 Å². The van der Waals surface area contributed by atoms with E-state index < -0.39 is 11.6 Å². The standard InChI is InChI=1S/C13H17F2NO3/c1-18-5-3-16(4-6-19-2)13-11(14)7-10(9-17)8-12(13)15/h7-9H,3-6H2,1-2H3. The molecule has 0 amide bonds. The molecule has 0 fully saturated rings. The van der Waals surface area contributed by atoms with Gasteiger partial charge in [0, 0.05) is 32.9 Å². The molecule has 0 radical (unpaired) electrons. The highest BCUT2D eigenvalue weighted by molar-refractivity contribution is 5.76. The first-order chi connectivity index (χ1) is 9.13. The van der Waals surface area contributed by atoms with Crippen LogP contribution in [0.5, 0.6) is 0 Å². The van der Waals surface area contributed by atoms with Crippen molar-refractivity contribution >= 4 is 12.0 Å². The summed E-state index contributed by atoms with van der Waals surface area (Å²) in [6, 6.07) is 2.02. The van der Waals surface area contributed by atoms with Crippen LogP contribution in [-0.4, -0.2) is 46.8 Å². The quantitative estimate of drug-likeness (QED) is 0.678. The van der Waals surface area contributed by atoms with Crippen molar-refractivity contribution in [3.05, 3.63) is 29.3 Å². The Labute approximate surface area is 110 Å². The molecule has 0 atom stereocenters. The molecule has 106 valence electrons. The average molecular weight is 273 g/mol. The van der Waals surface area contributed by atoms with Gasteiger partial charge in [-0.25, -0.2) is 8.78 Å². The molecule has 0 spiro atoms. The van der Waals surface area contributed by atoms with E-state index in [-0.39, 0.29) is 11.3 Å². The van der Waals surface area contributed by atoms with Crippen molar-refractivity contribution in [3.8, 4) is 0 Å². The number of hydrogen-bond donors (Lipinski definition) is 0. The van der Waals surface area contributed by atoms with Crippen LogP contribution in [0, 0.1) is 11.6 Å². The fraction of sp³-hybridized carbons (Fsp3) is 0.462. The van der Waals surface area contributed by atoms with Crippen molar-refractivity contribution in [2.24, 2.45) is 0 Å². The van der Waals surface area contributed by atoms with E-state index in [1.165, 1.54) is 19.1 Å². The van der Waals surface area contributed by atoms with Crippen LogP contribution in [0.25, 0.3) is 0 Å². The Morgan fingerprint density at radius 1 is 1.11 bits per heavy atom. The summed E-state index contributed by atoms with van der Waals surface area (Å²) in [4.78, 5) is 12.0. The van der Waals surface area contributed by atoms with Gasteiger partial charge in [0.25, 0.3) is 0 Å². The average Bonchev–Trinajstić information content (AvgIpc) is 2.40. The Hall–Kier alpha value is -1.53. The van der Waals surface area contributed by atoms with E-state index >= 15 is 0 Å². The molecule has 0 heterocycles. The van der Waals surface area contributed by atoms with Crippen LogP contribution in [0.4, 0.5) is 14.5 Å². The predicted molar refractivity (Wildman–Crippen MR) is 67.7 cm³/mol. The number of carbonyl (C=O) groups is 1. The third-order valence-electron chi connectivity index (χ3n) is 2.62. The van der Waals surface area contributed by atoms with E-state index in [2.05, 4.69) is 0 Å². The van der Waals surface area contributed by atoms with Crippen molar-refractivity contribution in [2.75, 3.05) is 45.4 Å². The molecular weight excluding hydrogens is 256 g/mol. The molecule has 1 aromatic rings. The van der Waals surface area contributed by atoms with E-state index in [0.29, 0.717) is 32.6 Å². The van der Waals surface area contributed by atoms with Gasteiger partial charge in [0.05, 0.1) is 13.2 Å². The third kappa shape index (κ3) is 4.25. The molecule has 1 rings (SSSR count). The van der Waals surface area contributed by atoms with Gasteiger partial charge < -0.3 is 14.4 Å². The third-order valence-corrected chi connectivity index (χ3v) is 2.62. The second-order valence-electron chi connectivity index (χ2n) is 3.92. The molecule has 0 saturated carbocycles. The lowest BCUT2D eigenvalue weighted by Crippen LogP contribution is -2.32. The predicted octanol–water partition coefficient (Wildman–Crippen LogP) is 1.88. The lowest BCUT2D eigenvalue weighted by atomic mass is 10.2. The molecule has 0 aromatic heterocycles. The van der Waals surface area contributed by atoms with E-state index in [9.17, 15) is 13.6 Å². The zero-order chi connectivity index (χ0) is 14.3. The summed E-state index contributed by atoms with van der Waals surface area (Å²) in [7, 11) is 3.02. The lowest BCUT2D eigenvalue weighted by Gasteiger charge is -2.25. The summed E-state index contributed by atoms with van der Waals surface area (Å²) in [6.07, 6.45) is 0.407. The Bertz CT molecular complexity index is 395. The van der Waals surface area contributed by atoms with E-state index in [1.54, 1.807) is 0 Å². The molecule has 1 aromatic carbocycles. The number of halogens is 2. The number of benzene rings is 1. The maximum absolute atomic E-state index is 13.9. The number of aldehydes is 1. The van der Waals surface area contributed by atoms with Crippen LogP contribution in [0.1, 0.15) is 10.4 Å². The highest BCUT2D eigenvalue weighted by Crippen LogP contribution is 2.24. The number of hydrogen-bond acceptors (Lipinski definition) is 4. The van der Waals surface area contributed by atoms with E-state index in [0.717, 1.165) is 12.1 Å². The first-order valence-electron chi connectivity index (χ1n) is 5.81. The minimum absolute atomic E-state index is 0.0304. The van der Waals surface area contributed by atoms with Crippen LogP contribution in [0.15, 0.2) is 12.1 Å². The number of anilines is 1. The van der Waals surface area contributed by atoms with Crippen LogP contribution < -0.4 is 4.90 Å². The zero-order valence-corrected chi connectivity index (χ0v) is 11.0. The first kappa shape index (κ1) is 15.5. The minimum Gasteiger partial charge on any atom is -0.383 e. The van der Waals surface area contributed by atoms with Crippen LogP contribution in [0.2, 0.25) is 0 Å². The Kier molecular flexibility index (Phi) is 6.38. The largest absolute Gasteiger partial charge is 0.383 e. The van der Waals surface area contributed by atoms with Gasteiger partial charge in [0.2, 0.25) is 0 Å². The van der Waals surface area contributed by atoms with Crippen molar-refractivity contribution < 1.29 is 23.0 Å². The number of nitrogens with zero attached hydrogens (tertiary/aromatic N) is 1. The fourth-order valence-corrected chi connectivity index (χ4v) is 1.69. The van der Waals surface area contributed by atoms with Gasteiger partial charge >= 0.3 is 0 Å². The maximum atomic E-state index is 13.9. The van der Waals surface area contributed by atoms with Gasteiger partial charge in [0.1, 0.15) is 23.6 Å². The summed E-state index contributed by atoms with van der Waals surface area (Å²) in [6.45, 7) is 1.32. The number of carbonyl (C=O) groups excluding carboxylic acids is 1. The normalized spacial score (nSPS) is 10.5. The van der Waals surface area contributed by atoms with Crippen molar-refractivity contribution in [1.29, 1.82) is 0 Å². The first-order valence-corrected chi connectivity index (χ1v) is 5.81. The van der Waals surface area contributed by atoms with Crippen molar-refractivity contribution in [3.63, 3.8) is 0 Å². The maximum Gasteiger partial charge on any atom is 0.150 e.